The van der Waals surface area contributed by atoms with Crippen LogP contribution in [0.5, 0.6) is 0 Å². The lowest BCUT2D eigenvalue weighted by molar-refractivity contribution is 0.170. The Kier molecular flexibility index (Phi) is 4.16. The fourth-order valence-electron chi connectivity index (χ4n) is 1.91. The van der Waals surface area contributed by atoms with E-state index in [4.69, 9.17) is 16.7 Å². The average Bonchev–Trinajstić information content (AvgIpc) is 2.39. The minimum Gasteiger partial charge on any atom is -0.396 e. The van der Waals surface area contributed by atoms with Crippen molar-refractivity contribution >= 4 is 21.6 Å². The van der Waals surface area contributed by atoms with E-state index >= 15 is 0 Å². The highest BCUT2D eigenvalue weighted by molar-refractivity contribution is 7.89. The summed E-state index contributed by atoms with van der Waals surface area (Å²) in [5.41, 5.74) is 0. The van der Waals surface area contributed by atoms with E-state index < -0.39 is 10.0 Å². The number of aromatic nitrogens is 2. The van der Waals surface area contributed by atoms with Crippen molar-refractivity contribution in [3.63, 3.8) is 0 Å². The minimum atomic E-state index is -3.54. The average molecular weight is 292 g/mol. The number of aliphatic hydroxyl groups excluding tert-OH is 1. The second-order valence-electron chi connectivity index (χ2n) is 4.22. The van der Waals surface area contributed by atoms with Crippen LogP contribution in [0.25, 0.3) is 0 Å². The van der Waals surface area contributed by atoms with Crippen molar-refractivity contribution in [1.82, 2.24) is 14.3 Å². The first-order valence-corrected chi connectivity index (χ1v) is 7.44. The fourth-order valence-corrected chi connectivity index (χ4v) is 3.37. The zero-order valence-electron chi connectivity index (χ0n) is 9.66. The summed E-state index contributed by atoms with van der Waals surface area (Å²) < 4.78 is 25.9. The summed E-state index contributed by atoms with van der Waals surface area (Å²) in [6, 6.07) is 0. The van der Waals surface area contributed by atoms with E-state index in [0.29, 0.717) is 25.9 Å². The molecule has 0 unspecified atom stereocenters. The lowest BCUT2D eigenvalue weighted by atomic mass is 10.00. The third-order valence-electron chi connectivity index (χ3n) is 3.07. The Morgan fingerprint density at radius 3 is 2.39 bits per heavy atom. The molecule has 0 aromatic carbocycles. The smallest absolute Gasteiger partial charge is 0.246 e. The van der Waals surface area contributed by atoms with E-state index in [1.165, 1.54) is 16.7 Å². The number of aliphatic hydroxyl groups is 1. The standard InChI is InChI=1S/C10H14ClN3O3S/c11-10-12-5-9(6-13-10)18(16,17)14-3-1-8(7-15)2-4-14/h5-6,8,15H,1-4,7H2. The predicted molar refractivity (Wildman–Crippen MR) is 65.6 cm³/mol. The SMILES string of the molecule is O=S(=O)(c1cnc(Cl)nc1)N1CCC(CO)CC1. The number of nitrogens with zero attached hydrogens (tertiary/aromatic N) is 3. The van der Waals surface area contributed by atoms with Crippen LogP contribution in [-0.4, -0.2) is 47.5 Å². The van der Waals surface area contributed by atoms with Gasteiger partial charge in [0.25, 0.3) is 0 Å². The van der Waals surface area contributed by atoms with Crippen LogP contribution in [0.4, 0.5) is 0 Å². The van der Waals surface area contributed by atoms with E-state index in [9.17, 15) is 8.42 Å². The van der Waals surface area contributed by atoms with Crippen LogP contribution < -0.4 is 0 Å². The van der Waals surface area contributed by atoms with Crippen molar-refractivity contribution in [2.24, 2.45) is 5.92 Å². The summed E-state index contributed by atoms with van der Waals surface area (Å²) >= 11 is 5.53. The molecule has 1 aromatic heterocycles. The first-order valence-electron chi connectivity index (χ1n) is 5.62. The third-order valence-corrected chi connectivity index (χ3v) is 5.11. The Labute approximate surface area is 111 Å². The molecule has 100 valence electrons. The monoisotopic (exact) mass is 291 g/mol. The van der Waals surface area contributed by atoms with Crippen LogP contribution in [0, 0.1) is 5.92 Å². The molecular formula is C10H14ClN3O3S. The highest BCUT2D eigenvalue weighted by Crippen LogP contribution is 2.22. The summed E-state index contributed by atoms with van der Waals surface area (Å²) in [4.78, 5) is 7.41. The van der Waals surface area contributed by atoms with Crippen LogP contribution in [0.2, 0.25) is 5.28 Å². The van der Waals surface area contributed by atoms with Crippen molar-refractivity contribution in [2.75, 3.05) is 19.7 Å². The molecule has 1 aliphatic heterocycles. The predicted octanol–water partition coefficient (Wildman–Crippen LogP) is 0.523. The van der Waals surface area contributed by atoms with Gasteiger partial charge in [0.1, 0.15) is 4.90 Å². The molecule has 8 heteroatoms. The second kappa shape index (κ2) is 5.48. The molecule has 6 nitrogen and oxygen atoms in total. The number of rotatable bonds is 3. The maximum Gasteiger partial charge on any atom is 0.246 e. The minimum absolute atomic E-state index is 0.0212. The lowest BCUT2D eigenvalue weighted by Gasteiger charge is -2.30. The molecule has 0 aliphatic carbocycles. The van der Waals surface area contributed by atoms with E-state index in [1.54, 1.807) is 0 Å². The highest BCUT2D eigenvalue weighted by Gasteiger charge is 2.29. The molecule has 0 saturated carbocycles. The van der Waals surface area contributed by atoms with Crippen LogP contribution in [0.15, 0.2) is 17.3 Å². The van der Waals surface area contributed by atoms with Crippen LogP contribution >= 0.6 is 11.6 Å². The molecule has 0 radical (unpaired) electrons. The summed E-state index contributed by atoms with van der Waals surface area (Å²) in [6.45, 7) is 0.935. The van der Waals surface area contributed by atoms with E-state index in [-0.39, 0.29) is 22.7 Å². The van der Waals surface area contributed by atoms with Gasteiger partial charge in [-0.3, -0.25) is 0 Å². The molecule has 1 fully saturated rings. The molecule has 0 atom stereocenters. The third kappa shape index (κ3) is 2.80. The van der Waals surface area contributed by atoms with E-state index in [0.717, 1.165) is 0 Å². The first kappa shape index (κ1) is 13.7. The Hall–Kier alpha value is -0.760. The summed E-state index contributed by atoms with van der Waals surface area (Å²) in [6.07, 6.45) is 3.76. The van der Waals surface area contributed by atoms with Crippen molar-refractivity contribution in [2.45, 2.75) is 17.7 Å². The molecule has 2 rings (SSSR count). The molecule has 2 heterocycles. The summed E-state index contributed by atoms with van der Waals surface area (Å²) in [5, 5.41) is 9.05. The van der Waals surface area contributed by atoms with Crippen molar-refractivity contribution in [3.05, 3.63) is 17.7 Å². The Morgan fingerprint density at radius 2 is 1.89 bits per heavy atom. The fraction of sp³-hybridized carbons (Fsp3) is 0.600. The van der Waals surface area contributed by atoms with Gasteiger partial charge in [-0.2, -0.15) is 4.31 Å². The van der Waals surface area contributed by atoms with Gasteiger partial charge in [-0.1, -0.05) is 0 Å². The molecule has 1 N–H and O–H groups in total. The Balaban J connectivity index is 2.15. The number of piperidine rings is 1. The molecule has 1 aromatic rings. The van der Waals surface area contributed by atoms with Gasteiger partial charge in [-0.25, -0.2) is 18.4 Å². The maximum atomic E-state index is 12.2. The molecule has 18 heavy (non-hydrogen) atoms. The topological polar surface area (TPSA) is 83.4 Å². The van der Waals surface area contributed by atoms with Gasteiger partial charge in [0, 0.05) is 19.7 Å². The van der Waals surface area contributed by atoms with Crippen molar-refractivity contribution in [1.29, 1.82) is 0 Å². The van der Waals surface area contributed by atoms with Gasteiger partial charge in [-0.15, -0.1) is 0 Å². The Morgan fingerprint density at radius 1 is 1.33 bits per heavy atom. The first-order chi connectivity index (χ1) is 8.54. The zero-order valence-corrected chi connectivity index (χ0v) is 11.2. The van der Waals surface area contributed by atoms with Gasteiger partial charge >= 0.3 is 0 Å². The van der Waals surface area contributed by atoms with Gasteiger partial charge < -0.3 is 5.11 Å². The van der Waals surface area contributed by atoms with Crippen LogP contribution in [0.1, 0.15) is 12.8 Å². The normalized spacial score (nSPS) is 19.0. The van der Waals surface area contributed by atoms with Gasteiger partial charge in [0.15, 0.2) is 0 Å². The summed E-state index contributed by atoms with van der Waals surface area (Å²) in [5.74, 6) is 0.193. The zero-order chi connectivity index (χ0) is 13.2. The molecule has 1 aliphatic rings. The maximum absolute atomic E-state index is 12.2. The van der Waals surface area contributed by atoms with Crippen LogP contribution in [0.3, 0.4) is 0 Å². The quantitative estimate of drug-likeness (QED) is 0.821. The van der Waals surface area contributed by atoms with Gasteiger partial charge in [-0.05, 0) is 30.4 Å². The van der Waals surface area contributed by atoms with Crippen molar-refractivity contribution < 1.29 is 13.5 Å². The Bertz CT molecular complexity index is 498. The molecule has 0 amide bonds. The second-order valence-corrected chi connectivity index (χ2v) is 6.49. The van der Waals surface area contributed by atoms with Gasteiger partial charge in [0.2, 0.25) is 15.3 Å². The van der Waals surface area contributed by atoms with E-state index in [1.807, 2.05) is 0 Å². The largest absolute Gasteiger partial charge is 0.396 e. The molecule has 1 saturated heterocycles. The van der Waals surface area contributed by atoms with Crippen LogP contribution in [-0.2, 0) is 10.0 Å². The number of hydrogen-bond acceptors (Lipinski definition) is 5. The lowest BCUT2D eigenvalue weighted by Crippen LogP contribution is -2.39. The number of sulfonamides is 1. The number of hydrogen-bond donors (Lipinski definition) is 1. The number of halogens is 1. The summed E-state index contributed by atoms with van der Waals surface area (Å²) in [7, 11) is -3.54. The van der Waals surface area contributed by atoms with Gasteiger partial charge in [0.05, 0.1) is 12.4 Å². The van der Waals surface area contributed by atoms with Crippen molar-refractivity contribution in [3.8, 4) is 0 Å². The molecular weight excluding hydrogens is 278 g/mol. The molecule has 0 bridgehead atoms. The molecule has 0 spiro atoms. The van der Waals surface area contributed by atoms with E-state index in [2.05, 4.69) is 9.97 Å². The highest BCUT2D eigenvalue weighted by atomic mass is 35.5.